The van der Waals surface area contributed by atoms with E-state index in [0.29, 0.717) is 0 Å². The quantitative estimate of drug-likeness (QED) is 0.300. The summed E-state index contributed by atoms with van der Waals surface area (Å²) in [6.07, 6.45) is 0. The summed E-state index contributed by atoms with van der Waals surface area (Å²) >= 11 is 0. The number of hydrogen-bond acceptors (Lipinski definition) is 5. The van der Waals surface area contributed by atoms with Crippen LogP contribution in [0.3, 0.4) is 0 Å². The van der Waals surface area contributed by atoms with E-state index in [-0.39, 0.29) is 0 Å². The highest BCUT2D eigenvalue weighted by Crippen LogP contribution is 2.22. The van der Waals surface area contributed by atoms with E-state index in [1.807, 2.05) is 12.1 Å². The molecule has 0 fully saturated rings. The average Bonchev–Trinajstić information content (AvgIpc) is 2.92. The van der Waals surface area contributed by atoms with Crippen LogP contribution in [0.5, 0.6) is 0 Å². The number of rotatable bonds is 2. The molecule has 27 heavy (non-hydrogen) atoms. The summed E-state index contributed by atoms with van der Waals surface area (Å²) < 4.78 is 35.4. The maximum atomic E-state index is 9.22. The number of aromatic nitrogens is 3. The lowest BCUT2D eigenvalue weighted by Crippen LogP contribution is -2.30. The van der Waals surface area contributed by atoms with E-state index in [1.54, 1.807) is 0 Å². The van der Waals surface area contributed by atoms with Crippen molar-refractivity contribution in [1.82, 2.24) is 9.55 Å². The van der Waals surface area contributed by atoms with Crippen LogP contribution < -0.4 is 4.57 Å². The topological polar surface area (TPSA) is 88.1 Å². The lowest BCUT2D eigenvalue weighted by Gasteiger charge is -2.01. The van der Waals surface area contributed by atoms with Crippen molar-refractivity contribution in [1.29, 1.82) is 0 Å². The minimum absolute atomic E-state index is 0.808. The van der Waals surface area contributed by atoms with Crippen molar-refractivity contribution in [2.75, 3.05) is 7.11 Å². The van der Waals surface area contributed by atoms with Crippen molar-refractivity contribution >= 4 is 32.3 Å². The Labute approximate surface area is 157 Å². The summed E-state index contributed by atoms with van der Waals surface area (Å²) in [5.74, 6) is 1.11. The Morgan fingerprint density at radius 2 is 1.67 bits per heavy atom. The SMILES string of the molecule is COS(=O)(=O)[O-].Cn1c(-c2ccc3ccccc3n2)[n+](C)c2ccccc21. The Hall–Kier alpha value is -2.81. The van der Waals surface area contributed by atoms with Crippen molar-refractivity contribution in [2.24, 2.45) is 14.1 Å². The summed E-state index contributed by atoms with van der Waals surface area (Å²) in [4.78, 5) is 4.82. The number of benzene rings is 2. The number of hydrogen-bond donors (Lipinski definition) is 0. The Morgan fingerprint density at radius 3 is 2.33 bits per heavy atom. The molecule has 0 atom stereocenters. The molecule has 0 saturated heterocycles. The van der Waals surface area contributed by atoms with Crippen LogP contribution in [0.2, 0.25) is 0 Å². The third-order valence-corrected chi connectivity index (χ3v) is 4.68. The first-order valence-corrected chi connectivity index (χ1v) is 9.46. The van der Waals surface area contributed by atoms with Crippen molar-refractivity contribution in [3.63, 3.8) is 0 Å². The highest BCUT2D eigenvalue weighted by Gasteiger charge is 2.22. The third-order valence-electron chi connectivity index (χ3n) is 4.27. The van der Waals surface area contributed by atoms with Crippen LogP contribution in [0.1, 0.15) is 0 Å². The Bertz CT molecular complexity index is 1180. The molecule has 0 radical (unpaired) electrons. The molecule has 0 bridgehead atoms. The zero-order chi connectivity index (χ0) is 19.6. The van der Waals surface area contributed by atoms with Crippen molar-refractivity contribution in [2.45, 2.75) is 0 Å². The Morgan fingerprint density at radius 1 is 1.04 bits per heavy atom. The first-order chi connectivity index (χ1) is 12.8. The molecule has 140 valence electrons. The van der Waals surface area contributed by atoms with Gasteiger partial charge in [-0.05, 0) is 24.3 Å². The van der Waals surface area contributed by atoms with E-state index < -0.39 is 10.4 Å². The molecule has 2 aromatic heterocycles. The van der Waals surface area contributed by atoms with E-state index in [9.17, 15) is 13.0 Å². The predicted octanol–water partition coefficient (Wildman–Crippen LogP) is 2.31. The zero-order valence-corrected chi connectivity index (χ0v) is 16.0. The van der Waals surface area contributed by atoms with Crippen LogP contribution in [0.4, 0.5) is 0 Å². The number of imidazole rings is 1. The van der Waals surface area contributed by atoms with Crippen LogP contribution in [-0.4, -0.2) is 29.6 Å². The Kier molecular flexibility index (Phi) is 5.22. The molecule has 4 rings (SSSR count). The lowest BCUT2D eigenvalue weighted by molar-refractivity contribution is -0.634. The molecule has 0 unspecified atom stereocenters. The van der Waals surface area contributed by atoms with Gasteiger partial charge in [0.15, 0.2) is 16.7 Å². The molecule has 0 spiro atoms. The van der Waals surface area contributed by atoms with E-state index in [4.69, 9.17) is 4.98 Å². The molecular weight excluding hydrogens is 366 g/mol. The van der Waals surface area contributed by atoms with Gasteiger partial charge in [-0.3, -0.25) is 4.18 Å². The van der Waals surface area contributed by atoms with Gasteiger partial charge in [-0.15, -0.1) is 0 Å². The highest BCUT2D eigenvalue weighted by molar-refractivity contribution is 7.80. The van der Waals surface area contributed by atoms with Gasteiger partial charge in [0.1, 0.15) is 0 Å². The van der Waals surface area contributed by atoms with Crippen LogP contribution >= 0.6 is 0 Å². The maximum absolute atomic E-state index is 9.22. The molecule has 0 aliphatic carbocycles. The van der Waals surface area contributed by atoms with E-state index >= 15 is 0 Å². The molecule has 0 saturated carbocycles. The number of pyridine rings is 1. The summed E-state index contributed by atoms with van der Waals surface area (Å²) in [6.45, 7) is 0. The molecular formula is C19H19N3O4S. The van der Waals surface area contributed by atoms with Crippen molar-refractivity contribution < 1.29 is 21.7 Å². The minimum Gasteiger partial charge on any atom is -0.726 e. The van der Waals surface area contributed by atoms with E-state index in [2.05, 4.69) is 75.9 Å². The third kappa shape index (κ3) is 3.97. The van der Waals surface area contributed by atoms with Gasteiger partial charge in [0.2, 0.25) is 10.4 Å². The predicted molar refractivity (Wildman–Crippen MR) is 102 cm³/mol. The molecule has 8 heteroatoms. The first-order valence-electron chi connectivity index (χ1n) is 8.13. The van der Waals surface area contributed by atoms with Gasteiger partial charge < -0.3 is 4.55 Å². The summed E-state index contributed by atoms with van der Waals surface area (Å²) in [5.41, 5.74) is 4.45. The van der Waals surface area contributed by atoms with Crippen LogP contribution in [0.25, 0.3) is 33.5 Å². The van der Waals surface area contributed by atoms with Gasteiger partial charge in [-0.25, -0.2) is 22.5 Å². The summed E-state index contributed by atoms with van der Waals surface area (Å²) in [5, 5.41) is 1.17. The average molecular weight is 385 g/mol. The highest BCUT2D eigenvalue weighted by atomic mass is 32.3. The second kappa shape index (κ2) is 7.43. The van der Waals surface area contributed by atoms with E-state index in [0.717, 1.165) is 24.1 Å². The van der Waals surface area contributed by atoms with Gasteiger partial charge in [0, 0.05) is 5.39 Å². The maximum Gasteiger partial charge on any atom is 0.308 e. The number of aryl methyl sites for hydroxylation is 2. The summed E-state index contributed by atoms with van der Waals surface area (Å²) in [7, 11) is 0.579. The second-order valence-corrected chi connectivity index (χ2v) is 7.04. The fourth-order valence-corrected chi connectivity index (χ4v) is 3.02. The van der Waals surface area contributed by atoms with Crippen LogP contribution in [-0.2, 0) is 28.7 Å². The monoisotopic (exact) mass is 385 g/mol. The zero-order valence-electron chi connectivity index (χ0n) is 15.2. The number of nitrogens with zero attached hydrogens (tertiary/aromatic N) is 3. The second-order valence-electron chi connectivity index (χ2n) is 5.89. The molecule has 0 amide bonds. The molecule has 0 aliphatic heterocycles. The fourth-order valence-electron chi connectivity index (χ4n) is 3.02. The molecule has 0 aliphatic rings. The molecule has 0 N–H and O–H groups in total. The molecule has 7 nitrogen and oxygen atoms in total. The molecule has 4 aromatic rings. The lowest BCUT2D eigenvalue weighted by atomic mass is 10.2. The van der Waals surface area contributed by atoms with Crippen LogP contribution in [0, 0.1) is 0 Å². The number of para-hydroxylation sites is 3. The van der Waals surface area contributed by atoms with Gasteiger partial charge in [-0.1, -0.05) is 36.4 Å². The van der Waals surface area contributed by atoms with Crippen molar-refractivity contribution in [3.05, 3.63) is 60.7 Å². The molecule has 2 heterocycles. The fraction of sp³-hybridized carbons (Fsp3) is 0.158. The van der Waals surface area contributed by atoms with Crippen molar-refractivity contribution in [3.8, 4) is 11.5 Å². The largest absolute Gasteiger partial charge is 0.726 e. The van der Waals surface area contributed by atoms with Gasteiger partial charge in [0.25, 0.3) is 0 Å². The van der Waals surface area contributed by atoms with Gasteiger partial charge in [0.05, 0.1) is 26.7 Å². The standard InChI is InChI=1S/C18H16N3.CH4O4S/c1-20-16-9-5-6-10-17(16)21(2)18(20)15-12-11-13-7-3-4-8-14(13)19-15;1-5-6(2,3)4/h3-12H,1-2H3;1H3,(H,2,3,4)/q+1;/p-1. The minimum atomic E-state index is -4.41. The van der Waals surface area contributed by atoms with Crippen LogP contribution in [0.15, 0.2) is 60.7 Å². The summed E-state index contributed by atoms with van der Waals surface area (Å²) in [6, 6.07) is 20.9. The normalized spacial score (nSPS) is 11.4. The van der Waals surface area contributed by atoms with Gasteiger partial charge >= 0.3 is 5.82 Å². The Balaban J connectivity index is 0.000000307. The van der Waals surface area contributed by atoms with Gasteiger partial charge in [-0.2, -0.15) is 0 Å². The smallest absolute Gasteiger partial charge is 0.308 e. The number of fused-ring (bicyclic) bond motifs is 2. The first kappa shape index (κ1) is 19.0. The molecule has 2 aromatic carbocycles. The van der Waals surface area contributed by atoms with E-state index in [1.165, 1.54) is 16.4 Å².